The van der Waals surface area contributed by atoms with Gasteiger partial charge in [-0.25, -0.2) is 0 Å². The number of benzene rings is 1. The SMILES string of the molecule is CCCCN1CC(O)C(O)C(C)C1COCc1ccccc1. The molecule has 0 radical (unpaired) electrons. The van der Waals surface area contributed by atoms with Gasteiger partial charge in [-0.3, -0.25) is 4.90 Å². The first kappa shape index (κ1) is 17.4. The molecule has 0 spiro atoms. The van der Waals surface area contributed by atoms with Crippen LogP contribution >= 0.6 is 0 Å². The van der Waals surface area contributed by atoms with Crippen LogP contribution in [0.4, 0.5) is 0 Å². The van der Waals surface area contributed by atoms with Crippen LogP contribution in [0.1, 0.15) is 32.3 Å². The van der Waals surface area contributed by atoms with Gasteiger partial charge in [0.25, 0.3) is 0 Å². The van der Waals surface area contributed by atoms with E-state index in [4.69, 9.17) is 4.74 Å². The van der Waals surface area contributed by atoms with E-state index in [2.05, 4.69) is 24.0 Å². The number of aliphatic hydroxyl groups excluding tert-OH is 2. The Morgan fingerprint density at radius 3 is 2.64 bits per heavy atom. The zero-order valence-corrected chi connectivity index (χ0v) is 13.7. The lowest BCUT2D eigenvalue weighted by Gasteiger charge is -2.44. The zero-order chi connectivity index (χ0) is 15.9. The number of nitrogens with zero attached hydrogens (tertiary/aromatic N) is 1. The molecule has 1 aromatic rings. The summed E-state index contributed by atoms with van der Waals surface area (Å²) in [5.41, 5.74) is 1.16. The van der Waals surface area contributed by atoms with Gasteiger partial charge in [-0.05, 0) is 18.5 Å². The Labute approximate surface area is 133 Å². The molecular formula is C18H29NO3. The summed E-state index contributed by atoms with van der Waals surface area (Å²) >= 11 is 0. The maximum absolute atomic E-state index is 10.1. The number of hydrogen-bond acceptors (Lipinski definition) is 4. The number of rotatable bonds is 7. The van der Waals surface area contributed by atoms with Crippen LogP contribution in [0, 0.1) is 5.92 Å². The Bertz CT molecular complexity index is 426. The molecule has 2 N–H and O–H groups in total. The first-order chi connectivity index (χ1) is 10.6. The summed E-state index contributed by atoms with van der Waals surface area (Å²) in [5, 5.41) is 20.2. The van der Waals surface area contributed by atoms with E-state index in [1.54, 1.807) is 0 Å². The Morgan fingerprint density at radius 1 is 1.23 bits per heavy atom. The van der Waals surface area contributed by atoms with Gasteiger partial charge in [0.1, 0.15) is 0 Å². The molecule has 1 heterocycles. The molecule has 4 heteroatoms. The van der Waals surface area contributed by atoms with Crippen molar-refractivity contribution in [3.05, 3.63) is 35.9 Å². The smallest absolute Gasteiger partial charge is 0.0928 e. The summed E-state index contributed by atoms with van der Waals surface area (Å²) in [6.07, 6.45) is 0.909. The van der Waals surface area contributed by atoms with Gasteiger partial charge in [0, 0.05) is 18.5 Å². The van der Waals surface area contributed by atoms with Gasteiger partial charge >= 0.3 is 0 Å². The Hall–Kier alpha value is -0.940. The molecule has 1 aliphatic rings. The van der Waals surface area contributed by atoms with E-state index < -0.39 is 12.2 Å². The first-order valence-corrected chi connectivity index (χ1v) is 8.35. The fraction of sp³-hybridized carbons (Fsp3) is 0.667. The average Bonchev–Trinajstić information content (AvgIpc) is 2.54. The van der Waals surface area contributed by atoms with E-state index in [1.165, 1.54) is 0 Å². The molecule has 0 aromatic heterocycles. The van der Waals surface area contributed by atoms with Crippen molar-refractivity contribution in [2.24, 2.45) is 5.92 Å². The van der Waals surface area contributed by atoms with Gasteiger partial charge < -0.3 is 14.9 Å². The molecule has 2 rings (SSSR count). The van der Waals surface area contributed by atoms with Crippen LogP contribution < -0.4 is 0 Å². The Kier molecular flexibility index (Phi) is 6.83. The normalized spacial score (nSPS) is 29.6. The summed E-state index contributed by atoms with van der Waals surface area (Å²) in [4.78, 5) is 2.27. The minimum Gasteiger partial charge on any atom is -0.390 e. The summed E-state index contributed by atoms with van der Waals surface area (Å²) in [6, 6.07) is 10.3. The topological polar surface area (TPSA) is 52.9 Å². The predicted molar refractivity (Wildman–Crippen MR) is 87.5 cm³/mol. The van der Waals surface area contributed by atoms with Crippen LogP contribution in [0.2, 0.25) is 0 Å². The van der Waals surface area contributed by atoms with E-state index in [-0.39, 0.29) is 12.0 Å². The highest BCUT2D eigenvalue weighted by atomic mass is 16.5. The van der Waals surface area contributed by atoms with Gasteiger partial charge in [0.05, 0.1) is 25.4 Å². The van der Waals surface area contributed by atoms with Crippen LogP contribution in [0.15, 0.2) is 30.3 Å². The van der Waals surface area contributed by atoms with Crippen LogP contribution in [0.5, 0.6) is 0 Å². The molecule has 0 bridgehead atoms. The van der Waals surface area contributed by atoms with Gasteiger partial charge in [-0.2, -0.15) is 0 Å². The number of ether oxygens (including phenoxy) is 1. The van der Waals surface area contributed by atoms with E-state index in [1.807, 2.05) is 25.1 Å². The van der Waals surface area contributed by atoms with Crippen LogP contribution in [-0.4, -0.2) is 53.1 Å². The monoisotopic (exact) mass is 307 g/mol. The molecule has 1 fully saturated rings. The summed E-state index contributed by atoms with van der Waals surface area (Å²) in [7, 11) is 0. The third kappa shape index (κ3) is 4.53. The fourth-order valence-corrected chi connectivity index (χ4v) is 3.14. The number of piperidine rings is 1. The Morgan fingerprint density at radius 2 is 1.95 bits per heavy atom. The number of hydrogen-bond donors (Lipinski definition) is 2. The predicted octanol–water partition coefficient (Wildman–Crippen LogP) is 2.05. The molecule has 22 heavy (non-hydrogen) atoms. The quantitative estimate of drug-likeness (QED) is 0.809. The molecule has 0 amide bonds. The molecule has 1 aliphatic heterocycles. The molecular weight excluding hydrogens is 278 g/mol. The van der Waals surface area contributed by atoms with Gasteiger partial charge in [-0.1, -0.05) is 50.6 Å². The van der Waals surface area contributed by atoms with E-state index in [0.717, 1.165) is 24.9 Å². The summed E-state index contributed by atoms with van der Waals surface area (Å²) in [5.74, 6) is 0.0105. The second-order valence-corrected chi connectivity index (χ2v) is 6.33. The highest BCUT2D eigenvalue weighted by Gasteiger charge is 2.39. The van der Waals surface area contributed by atoms with Crippen molar-refractivity contribution < 1.29 is 14.9 Å². The van der Waals surface area contributed by atoms with Gasteiger partial charge in [0.15, 0.2) is 0 Å². The van der Waals surface area contributed by atoms with E-state index >= 15 is 0 Å². The molecule has 4 unspecified atom stereocenters. The van der Waals surface area contributed by atoms with Crippen molar-refractivity contribution in [2.45, 2.75) is 51.5 Å². The maximum Gasteiger partial charge on any atom is 0.0928 e. The van der Waals surface area contributed by atoms with Crippen LogP contribution in [-0.2, 0) is 11.3 Å². The number of aliphatic hydroxyl groups is 2. The number of unbranched alkanes of at least 4 members (excludes halogenated alkanes) is 1. The largest absolute Gasteiger partial charge is 0.390 e. The van der Waals surface area contributed by atoms with Crippen molar-refractivity contribution in [2.75, 3.05) is 19.7 Å². The molecule has 1 saturated heterocycles. The molecule has 124 valence electrons. The molecule has 1 aromatic carbocycles. The van der Waals surface area contributed by atoms with Crippen molar-refractivity contribution in [3.63, 3.8) is 0 Å². The van der Waals surface area contributed by atoms with Gasteiger partial charge in [-0.15, -0.1) is 0 Å². The molecule has 0 aliphatic carbocycles. The number of β-amino-alcohol motifs (C(OH)–C–C–N with tert-alkyl or cyclic N) is 1. The van der Waals surface area contributed by atoms with Crippen molar-refractivity contribution >= 4 is 0 Å². The van der Waals surface area contributed by atoms with Crippen LogP contribution in [0.3, 0.4) is 0 Å². The second-order valence-electron chi connectivity index (χ2n) is 6.33. The molecule has 4 atom stereocenters. The van der Waals surface area contributed by atoms with E-state index in [9.17, 15) is 10.2 Å². The lowest BCUT2D eigenvalue weighted by molar-refractivity contribution is -0.112. The minimum absolute atomic E-state index is 0.0105. The van der Waals surface area contributed by atoms with Crippen molar-refractivity contribution in [3.8, 4) is 0 Å². The zero-order valence-electron chi connectivity index (χ0n) is 13.7. The first-order valence-electron chi connectivity index (χ1n) is 8.35. The highest BCUT2D eigenvalue weighted by Crippen LogP contribution is 2.25. The average molecular weight is 307 g/mol. The third-order valence-corrected chi connectivity index (χ3v) is 4.63. The van der Waals surface area contributed by atoms with Crippen molar-refractivity contribution in [1.82, 2.24) is 4.90 Å². The number of likely N-dealkylation sites (tertiary alicyclic amines) is 1. The molecule has 0 saturated carbocycles. The van der Waals surface area contributed by atoms with Crippen LogP contribution in [0.25, 0.3) is 0 Å². The van der Waals surface area contributed by atoms with Gasteiger partial charge in [0.2, 0.25) is 0 Å². The van der Waals surface area contributed by atoms with E-state index in [0.29, 0.717) is 19.8 Å². The summed E-state index contributed by atoms with van der Waals surface area (Å²) < 4.78 is 5.89. The highest BCUT2D eigenvalue weighted by molar-refractivity contribution is 5.13. The minimum atomic E-state index is -0.664. The fourth-order valence-electron chi connectivity index (χ4n) is 3.14. The standard InChI is InChI=1S/C18H29NO3/c1-3-4-10-19-11-17(20)18(21)14(2)16(19)13-22-12-15-8-6-5-7-9-15/h5-9,14,16-18,20-21H,3-4,10-13H2,1-2H3. The maximum atomic E-state index is 10.1. The lowest BCUT2D eigenvalue weighted by atomic mass is 9.86. The second kappa shape index (κ2) is 8.63. The Balaban J connectivity index is 1.91. The third-order valence-electron chi connectivity index (χ3n) is 4.63. The molecule has 4 nitrogen and oxygen atoms in total. The summed E-state index contributed by atoms with van der Waals surface area (Å²) in [6.45, 7) is 6.82. The van der Waals surface area contributed by atoms with Crippen molar-refractivity contribution in [1.29, 1.82) is 0 Å². The lowest BCUT2D eigenvalue weighted by Crippen LogP contribution is -2.59.